The molecule has 196 valence electrons. The van der Waals surface area contributed by atoms with E-state index in [2.05, 4.69) is 9.97 Å². The van der Waals surface area contributed by atoms with Crippen LogP contribution in [0.5, 0.6) is 0 Å². The summed E-state index contributed by atoms with van der Waals surface area (Å²) in [7, 11) is 0. The Kier molecular flexibility index (Phi) is 7.88. The van der Waals surface area contributed by atoms with Gasteiger partial charge < -0.3 is 19.7 Å². The van der Waals surface area contributed by atoms with E-state index in [0.29, 0.717) is 36.8 Å². The Hall–Kier alpha value is -3.06. The second kappa shape index (κ2) is 10.9. The molecule has 4 N–H and O–H groups in total. The number of aliphatic hydroxyl groups excluding tert-OH is 2. The zero-order chi connectivity index (χ0) is 26.0. The van der Waals surface area contributed by atoms with Crippen molar-refractivity contribution in [2.24, 2.45) is 11.8 Å². The summed E-state index contributed by atoms with van der Waals surface area (Å²) in [5, 5.41) is 19.5. The number of H-pyrrole nitrogens is 2. The Morgan fingerprint density at radius 2 is 1.19 bits per heavy atom. The zero-order valence-corrected chi connectivity index (χ0v) is 20.3. The predicted octanol–water partition coefficient (Wildman–Crippen LogP) is -0.168. The number of aromatic amines is 2. The number of aryl methyl sites for hydroxylation is 2. The number of aliphatic hydroxyl groups is 2. The van der Waals surface area contributed by atoms with Crippen LogP contribution in [-0.2, 0) is 9.47 Å². The van der Waals surface area contributed by atoms with E-state index in [1.165, 1.54) is 21.5 Å². The molecule has 36 heavy (non-hydrogen) atoms. The molecule has 12 nitrogen and oxygen atoms in total. The average molecular weight is 505 g/mol. The fourth-order valence-corrected chi connectivity index (χ4v) is 4.94. The van der Waals surface area contributed by atoms with Gasteiger partial charge >= 0.3 is 11.4 Å². The quantitative estimate of drug-likeness (QED) is 0.359. The molecule has 0 radical (unpaired) electrons. The maximum atomic E-state index is 12.2. The van der Waals surface area contributed by atoms with E-state index in [1.807, 2.05) is 12.2 Å². The highest BCUT2D eigenvalue weighted by atomic mass is 16.5. The summed E-state index contributed by atoms with van der Waals surface area (Å²) in [6, 6.07) is 0. The maximum Gasteiger partial charge on any atom is 0.330 e. The molecule has 2 fully saturated rings. The molecule has 4 rings (SSSR count). The number of aromatic nitrogens is 4. The molecule has 4 heterocycles. The molecule has 12 heteroatoms. The third-order valence-electron chi connectivity index (χ3n) is 7.04. The first-order valence-corrected chi connectivity index (χ1v) is 12.0. The van der Waals surface area contributed by atoms with E-state index < -0.39 is 47.2 Å². The van der Waals surface area contributed by atoms with Gasteiger partial charge in [-0.15, -0.1) is 0 Å². The van der Waals surface area contributed by atoms with Gasteiger partial charge in [-0.3, -0.25) is 28.7 Å². The molecule has 0 saturated carbocycles. The minimum Gasteiger partial charge on any atom is -0.394 e. The van der Waals surface area contributed by atoms with Crippen LogP contribution in [0.15, 0.2) is 43.7 Å². The van der Waals surface area contributed by atoms with Gasteiger partial charge in [0.05, 0.1) is 25.4 Å². The van der Waals surface area contributed by atoms with Crippen molar-refractivity contribution >= 4 is 0 Å². The topological polar surface area (TPSA) is 169 Å². The molecule has 2 aliphatic heterocycles. The Bertz CT molecular complexity index is 1240. The molecule has 0 bridgehead atoms. The van der Waals surface area contributed by atoms with Crippen molar-refractivity contribution in [1.29, 1.82) is 0 Å². The second-order valence-electron chi connectivity index (χ2n) is 9.52. The van der Waals surface area contributed by atoms with E-state index >= 15 is 0 Å². The van der Waals surface area contributed by atoms with Crippen molar-refractivity contribution in [2.75, 3.05) is 13.2 Å². The van der Waals surface area contributed by atoms with Gasteiger partial charge in [-0.05, 0) is 51.4 Å². The van der Waals surface area contributed by atoms with Gasteiger partial charge in [0.2, 0.25) is 0 Å². The molecule has 2 aromatic heterocycles. The summed E-state index contributed by atoms with van der Waals surface area (Å²) < 4.78 is 14.5. The monoisotopic (exact) mass is 504 g/mol. The summed E-state index contributed by atoms with van der Waals surface area (Å²) in [5.41, 5.74) is -1.18. The molecule has 0 spiro atoms. The lowest BCUT2D eigenvalue weighted by Gasteiger charge is -2.15. The number of nitrogens with one attached hydrogen (secondary N) is 2. The van der Waals surface area contributed by atoms with Crippen molar-refractivity contribution < 1.29 is 19.7 Å². The molecular weight excluding hydrogens is 472 g/mol. The van der Waals surface area contributed by atoms with Crippen LogP contribution in [0.4, 0.5) is 0 Å². The van der Waals surface area contributed by atoms with Crippen LogP contribution in [0.2, 0.25) is 0 Å². The van der Waals surface area contributed by atoms with E-state index in [0.717, 1.165) is 0 Å². The predicted molar refractivity (Wildman–Crippen MR) is 129 cm³/mol. The number of allylic oxidation sites excluding steroid dienone is 2. The fourth-order valence-electron chi connectivity index (χ4n) is 4.94. The maximum absolute atomic E-state index is 12.2. The lowest BCUT2D eigenvalue weighted by Crippen LogP contribution is -2.33. The van der Waals surface area contributed by atoms with E-state index in [4.69, 9.17) is 9.47 Å². The molecule has 2 aromatic rings. The summed E-state index contributed by atoms with van der Waals surface area (Å²) in [6.07, 6.45) is 7.09. The summed E-state index contributed by atoms with van der Waals surface area (Å²) in [4.78, 5) is 52.3. The van der Waals surface area contributed by atoms with Crippen LogP contribution in [0.1, 0.15) is 49.3 Å². The number of hydrogen-bond donors (Lipinski definition) is 4. The molecule has 2 saturated heterocycles. The Labute approximate surface area is 205 Å². The Morgan fingerprint density at radius 3 is 1.56 bits per heavy atom. The SMILES string of the molecule is Cc1cn([C@H]2C[C@H](C/C=C/C[C@H]3C[C@H](n4cc(C)c(=O)[nH]c4=O)O[C@@H]3CO)[C@@H](CO)O2)c(=O)[nH]c1=O. The van der Waals surface area contributed by atoms with Crippen LogP contribution >= 0.6 is 0 Å². The van der Waals surface area contributed by atoms with E-state index in [1.54, 1.807) is 13.8 Å². The summed E-state index contributed by atoms with van der Waals surface area (Å²) >= 11 is 0. The molecular formula is C24H32N4O8. The van der Waals surface area contributed by atoms with Gasteiger partial charge in [-0.1, -0.05) is 12.2 Å². The zero-order valence-electron chi connectivity index (χ0n) is 20.3. The van der Waals surface area contributed by atoms with Crippen molar-refractivity contribution in [3.63, 3.8) is 0 Å². The highest BCUT2D eigenvalue weighted by Crippen LogP contribution is 2.36. The number of hydrogen-bond acceptors (Lipinski definition) is 8. The molecule has 0 amide bonds. The molecule has 0 aromatic carbocycles. The Morgan fingerprint density at radius 1 is 0.806 bits per heavy atom. The van der Waals surface area contributed by atoms with Gasteiger partial charge in [0, 0.05) is 23.5 Å². The van der Waals surface area contributed by atoms with Crippen LogP contribution in [0.25, 0.3) is 0 Å². The van der Waals surface area contributed by atoms with Gasteiger partial charge in [-0.2, -0.15) is 0 Å². The smallest absolute Gasteiger partial charge is 0.330 e. The van der Waals surface area contributed by atoms with Gasteiger partial charge in [0.1, 0.15) is 12.5 Å². The number of rotatable bonds is 8. The van der Waals surface area contributed by atoms with Crippen LogP contribution in [0, 0.1) is 25.7 Å². The molecule has 2 aliphatic rings. The van der Waals surface area contributed by atoms with Crippen LogP contribution < -0.4 is 22.5 Å². The highest BCUT2D eigenvalue weighted by molar-refractivity contribution is 5.03. The van der Waals surface area contributed by atoms with Gasteiger partial charge in [0.15, 0.2) is 0 Å². The van der Waals surface area contributed by atoms with E-state index in [-0.39, 0.29) is 25.0 Å². The lowest BCUT2D eigenvalue weighted by atomic mass is 9.94. The normalized spacial score (nSPS) is 28.3. The van der Waals surface area contributed by atoms with Crippen molar-refractivity contribution in [1.82, 2.24) is 19.1 Å². The number of nitrogens with zero attached hydrogens (tertiary/aromatic N) is 2. The summed E-state index contributed by atoms with van der Waals surface area (Å²) in [6.45, 7) is 2.84. The van der Waals surface area contributed by atoms with E-state index in [9.17, 15) is 29.4 Å². The van der Waals surface area contributed by atoms with Crippen molar-refractivity contribution in [2.45, 2.75) is 64.2 Å². The van der Waals surface area contributed by atoms with Gasteiger partial charge in [-0.25, -0.2) is 9.59 Å². The minimum atomic E-state index is -0.578. The van der Waals surface area contributed by atoms with Gasteiger partial charge in [0.25, 0.3) is 11.1 Å². The third-order valence-corrected chi connectivity index (χ3v) is 7.04. The third kappa shape index (κ3) is 5.36. The molecule has 0 aliphatic carbocycles. The lowest BCUT2D eigenvalue weighted by molar-refractivity contribution is -0.0327. The fraction of sp³-hybridized carbons (Fsp3) is 0.583. The Balaban J connectivity index is 1.38. The van der Waals surface area contributed by atoms with Crippen molar-refractivity contribution in [3.05, 3.63) is 77.3 Å². The highest BCUT2D eigenvalue weighted by Gasteiger charge is 2.37. The largest absolute Gasteiger partial charge is 0.394 e. The first-order chi connectivity index (χ1) is 17.2. The van der Waals surface area contributed by atoms with Crippen molar-refractivity contribution in [3.8, 4) is 0 Å². The first-order valence-electron chi connectivity index (χ1n) is 12.0. The number of ether oxygens (including phenoxy) is 2. The van der Waals surface area contributed by atoms with Crippen LogP contribution in [0.3, 0.4) is 0 Å². The standard InChI is InChI=1S/C24H32N4O8/c1-13-9-27(23(33)25-21(13)31)19-7-15(17(11-29)35-19)5-3-4-6-16-8-20(36-18(16)12-30)28-10-14(2)22(32)26-24(28)34/h3-4,9-10,15-20,29-30H,5-8,11-12H2,1-2H3,(H,25,31,33)(H,26,32,34)/b4-3+/t15-,16-,17+,18+,19+,20+/m0/s1. The molecule has 6 atom stereocenters. The minimum absolute atomic E-state index is 0.0284. The second-order valence-corrected chi connectivity index (χ2v) is 9.52. The first kappa shape index (κ1) is 26.0. The molecule has 0 unspecified atom stereocenters. The summed E-state index contributed by atoms with van der Waals surface area (Å²) in [5.74, 6) is -0.0569. The van der Waals surface area contributed by atoms with Crippen LogP contribution in [-0.4, -0.2) is 54.7 Å². The average Bonchev–Trinajstić information content (AvgIpc) is 3.45.